The lowest BCUT2D eigenvalue weighted by Gasteiger charge is -2.17. The van der Waals surface area contributed by atoms with Gasteiger partial charge in [-0.1, -0.05) is 20.8 Å². The van der Waals surface area contributed by atoms with Crippen molar-refractivity contribution in [3.05, 3.63) is 73.2 Å². The van der Waals surface area contributed by atoms with Gasteiger partial charge in [0.1, 0.15) is 17.0 Å². The van der Waals surface area contributed by atoms with Crippen LogP contribution in [0.3, 0.4) is 0 Å². The second-order valence-corrected chi connectivity index (χ2v) is 10.6. The van der Waals surface area contributed by atoms with Crippen molar-refractivity contribution in [3.8, 4) is 33.9 Å². The predicted molar refractivity (Wildman–Crippen MR) is 148 cm³/mol. The summed E-state index contributed by atoms with van der Waals surface area (Å²) in [5.74, 6) is -0.187. The molecule has 194 valence electrons. The molecule has 0 fully saturated rings. The van der Waals surface area contributed by atoms with Gasteiger partial charge in [0.2, 0.25) is 5.91 Å². The fraction of sp³-hybridized carbons (Fsp3) is 0.172. The highest BCUT2D eigenvalue weighted by molar-refractivity contribution is 5.98. The van der Waals surface area contributed by atoms with E-state index in [1.54, 1.807) is 49.2 Å². The molecule has 1 amide bonds. The van der Waals surface area contributed by atoms with Crippen LogP contribution in [0.1, 0.15) is 27.2 Å². The zero-order valence-corrected chi connectivity index (χ0v) is 21.6. The Morgan fingerprint density at radius 2 is 1.82 bits per heavy atom. The molecule has 0 aliphatic heterocycles. The molecule has 0 unspecified atom stereocenters. The van der Waals surface area contributed by atoms with E-state index in [1.807, 2.05) is 39.0 Å². The summed E-state index contributed by atoms with van der Waals surface area (Å²) in [7, 11) is 0. The maximum Gasteiger partial charge on any atom is 0.224 e. The number of imidazole rings is 1. The second-order valence-electron chi connectivity index (χ2n) is 10.6. The normalized spacial score (nSPS) is 11.8. The van der Waals surface area contributed by atoms with E-state index < -0.39 is 5.82 Å². The predicted octanol–water partition coefficient (Wildman–Crippen LogP) is 6.14. The van der Waals surface area contributed by atoms with E-state index in [0.29, 0.717) is 56.9 Å². The van der Waals surface area contributed by atoms with E-state index in [4.69, 9.17) is 4.98 Å². The molecule has 0 aliphatic rings. The summed E-state index contributed by atoms with van der Waals surface area (Å²) in [6, 6.07) is 10.7. The number of carbonyl (C=O) groups excluding carboxylic acids is 1. The number of H-pyrrole nitrogens is 2. The van der Waals surface area contributed by atoms with Crippen LogP contribution in [-0.4, -0.2) is 41.0 Å². The minimum absolute atomic E-state index is 0.125. The number of pyridine rings is 3. The van der Waals surface area contributed by atoms with Crippen molar-refractivity contribution in [3.63, 3.8) is 0 Å². The van der Waals surface area contributed by atoms with Gasteiger partial charge in [-0.2, -0.15) is 5.10 Å². The van der Waals surface area contributed by atoms with Crippen LogP contribution in [0, 0.1) is 11.2 Å². The number of fused-ring (bicyclic) bond motifs is 2. The Hall–Kier alpha value is -4.99. The number of nitrogens with zero attached hydrogens (tertiary/aromatic N) is 5. The summed E-state index contributed by atoms with van der Waals surface area (Å²) in [6.45, 7) is 5.98. The Morgan fingerprint density at radius 3 is 2.62 bits per heavy atom. The quantitative estimate of drug-likeness (QED) is 0.251. The molecule has 3 N–H and O–H groups in total. The van der Waals surface area contributed by atoms with Crippen LogP contribution >= 0.6 is 0 Å². The minimum atomic E-state index is -0.470. The number of hydrogen-bond acceptors (Lipinski definition) is 6. The largest absolute Gasteiger partial charge is 0.336 e. The van der Waals surface area contributed by atoms with E-state index in [1.165, 1.54) is 0 Å². The first-order valence-electron chi connectivity index (χ1n) is 12.4. The number of halogens is 1. The lowest BCUT2D eigenvalue weighted by molar-refractivity contribution is -0.117. The van der Waals surface area contributed by atoms with Gasteiger partial charge in [0.05, 0.1) is 34.0 Å². The van der Waals surface area contributed by atoms with Crippen molar-refractivity contribution in [2.75, 3.05) is 5.32 Å². The summed E-state index contributed by atoms with van der Waals surface area (Å²) >= 11 is 0. The molecule has 0 saturated heterocycles. The van der Waals surface area contributed by atoms with Gasteiger partial charge in [-0.25, -0.2) is 9.37 Å². The van der Waals surface area contributed by atoms with Crippen LogP contribution in [-0.2, 0) is 4.79 Å². The molecule has 9 nitrogen and oxygen atoms in total. The average molecular weight is 521 g/mol. The number of hydrogen-bond donors (Lipinski definition) is 3. The van der Waals surface area contributed by atoms with Gasteiger partial charge in [-0.15, -0.1) is 0 Å². The molecule has 0 aliphatic carbocycles. The van der Waals surface area contributed by atoms with E-state index >= 15 is 4.39 Å². The van der Waals surface area contributed by atoms with Crippen molar-refractivity contribution in [1.29, 1.82) is 0 Å². The lowest BCUT2D eigenvalue weighted by atomic mass is 9.92. The highest BCUT2D eigenvalue weighted by atomic mass is 19.1. The Labute approximate surface area is 223 Å². The third kappa shape index (κ3) is 4.72. The van der Waals surface area contributed by atoms with Gasteiger partial charge in [0, 0.05) is 47.9 Å². The first-order chi connectivity index (χ1) is 18.8. The van der Waals surface area contributed by atoms with E-state index in [-0.39, 0.29) is 11.3 Å². The van der Waals surface area contributed by atoms with Crippen LogP contribution in [0.4, 0.5) is 10.1 Å². The van der Waals surface area contributed by atoms with Gasteiger partial charge in [-0.3, -0.25) is 24.8 Å². The smallest absolute Gasteiger partial charge is 0.224 e. The van der Waals surface area contributed by atoms with Gasteiger partial charge in [0.25, 0.3) is 0 Å². The highest BCUT2D eigenvalue weighted by Gasteiger charge is 2.21. The Bertz CT molecular complexity index is 1840. The molecule has 6 aromatic rings. The summed E-state index contributed by atoms with van der Waals surface area (Å²) < 4.78 is 16.1. The number of nitrogens with one attached hydrogen (secondary N) is 3. The monoisotopic (exact) mass is 520 g/mol. The average Bonchev–Trinajstić information content (AvgIpc) is 3.53. The molecule has 1 aromatic carbocycles. The first kappa shape index (κ1) is 24.4. The molecular weight excluding hydrogens is 495 g/mol. The SMILES string of the molecule is CC(C)(C)CC(=O)Nc1cncc(-c2ccc3[nH]nc(-c4nc5c(-c6cccnc6)nccc5[nH]4)c3c2F)c1. The van der Waals surface area contributed by atoms with Gasteiger partial charge in [0.15, 0.2) is 5.82 Å². The first-order valence-corrected chi connectivity index (χ1v) is 12.4. The lowest BCUT2D eigenvalue weighted by Crippen LogP contribution is -2.19. The summed E-state index contributed by atoms with van der Waals surface area (Å²) in [5, 5.41) is 10.5. The molecule has 39 heavy (non-hydrogen) atoms. The van der Waals surface area contributed by atoms with Gasteiger partial charge in [-0.05, 0) is 41.8 Å². The standard InChI is InChI=1S/C29H25FN8O/c1-29(2,3)12-22(39)34-18-11-17(14-32-15-18)19-6-7-20-23(24(19)30)27(38-37-20)28-35-21-8-10-33-25(26(21)36-28)16-5-4-9-31-13-16/h4-11,13-15H,12H2,1-3H3,(H,34,39)(H,35,36)(H,37,38). The van der Waals surface area contributed by atoms with Gasteiger partial charge >= 0.3 is 0 Å². The number of aromatic amines is 2. The maximum absolute atomic E-state index is 16.1. The van der Waals surface area contributed by atoms with Crippen molar-refractivity contribution in [2.24, 2.45) is 5.41 Å². The Morgan fingerprint density at radius 1 is 0.974 bits per heavy atom. The third-order valence-corrected chi connectivity index (χ3v) is 6.25. The zero-order valence-electron chi connectivity index (χ0n) is 21.6. The number of aromatic nitrogens is 7. The molecule has 6 rings (SSSR count). The molecule has 0 bridgehead atoms. The molecule has 5 aromatic heterocycles. The maximum atomic E-state index is 16.1. The number of rotatable bonds is 5. The second kappa shape index (κ2) is 9.39. The molecule has 10 heteroatoms. The van der Waals surface area contributed by atoms with Crippen LogP contribution in [0.5, 0.6) is 0 Å². The molecule has 5 heterocycles. The molecule has 0 radical (unpaired) electrons. The Balaban J connectivity index is 1.40. The van der Waals surface area contributed by atoms with Crippen LogP contribution in [0.2, 0.25) is 0 Å². The van der Waals surface area contributed by atoms with Crippen molar-refractivity contribution >= 4 is 33.5 Å². The van der Waals surface area contributed by atoms with Gasteiger partial charge < -0.3 is 10.3 Å². The Kier molecular flexibility index (Phi) is 5.86. The number of amides is 1. The van der Waals surface area contributed by atoms with Crippen molar-refractivity contribution in [1.82, 2.24) is 35.1 Å². The van der Waals surface area contributed by atoms with Crippen LogP contribution < -0.4 is 5.32 Å². The number of carbonyl (C=O) groups is 1. The topological polar surface area (TPSA) is 125 Å². The van der Waals surface area contributed by atoms with Crippen molar-refractivity contribution in [2.45, 2.75) is 27.2 Å². The third-order valence-electron chi connectivity index (χ3n) is 6.25. The number of benzene rings is 1. The summed E-state index contributed by atoms with van der Waals surface area (Å²) in [5.41, 5.74) is 4.95. The molecule has 0 spiro atoms. The minimum Gasteiger partial charge on any atom is -0.336 e. The summed E-state index contributed by atoms with van der Waals surface area (Å²) in [6.07, 6.45) is 8.57. The zero-order chi connectivity index (χ0) is 27.1. The summed E-state index contributed by atoms with van der Waals surface area (Å²) in [4.78, 5) is 33.3. The van der Waals surface area contributed by atoms with E-state index in [0.717, 1.165) is 11.1 Å². The fourth-order valence-corrected chi connectivity index (χ4v) is 4.57. The van der Waals surface area contributed by atoms with Crippen LogP contribution in [0.15, 0.2) is 67.4 Å². The van der Waals surface area contributed by atoms with E-state index in [2.05, 4.69) is 35.5 Å². The van der Waals surface area contributed by atoms with Crippen LogP contribution in [0.25, 0.3) is 55.8 Å². The number of anilines is 1. The van der Waals surface area contributed by atoms with Crippen molar-refractivity contribution < 1.29 is 9.18 Å². The highest BCUT2D eigenvalue weighted by Crippen LogP contribution is 2.35. The van der Waals surface area contributed by atoms with E-state index in [9.17, 15) is 4.79 Å². The fourth-order valence-electron chi connectivity index (χ4n) is 4.57. The molecular formula is C29H25FN8O. The molecule has 0 saturated carbocycles. The molecule has 0 atom stereocenters.